The maximum atomic E-state index is 13.8. The lowest BCUT2D eigenvalue weighted by Crippen LogP contribution is -2.23. The maximum Gasteiger partial charge on any atom is 0.167 e. The Morgan fingerprint density at radius 3 is 2.95 bits per heavy atom. The highest BCUT2D eigenvalue weighted by atomic mass is 19.1. The molecule has 4 nitrogen and oxygen atoms in total. The monoisotopic (exact) mass is 265 g/mol. The summed E-state index contributed by atoms with van der Waals surface area (Å²) < 4.78 is 28.8. The van der Waals surface area contributed by atoms with Crippen LogP contribution in [0, 0.1) is 17.6 Å². The van der Waals surface area contributed by atoms with Gasteiger partial charge in [-0.15, -0.1) is 10.2 Å². The van der Waals surface area contributed by atoms with E-state index in [-0.39, 0.29) is 18.1 Å². The summed E-state index contributed by atoms with van der Waals surface area (Å²) in [5.41, 5.74) is 0.109. The summed E-state index contributed by atoms with van der Waals surface area (Å²) >= 11 is 0. The van der Waals surface area contributed by atoms with Crippen molar-refractivity contribution in [2.75, 3.05) is 6.61 Å². The summed E-state index contributed by atoms with van der Waals surface area (Å²) in [4.78, 5) is 0. The van der Waals surface area contributed by atoms with Crippen molar-refractivity contribution in [1.29, 1.82) is 0 Å². The number of hydrogen-bond acceptors (Lipinski definition) is 3. The number of aryl methyl sites for hydroxylation is 1. The lowest BCUT2D eigenvalue weighted by Gasteiger charge is -2.22. The first-order valence-electron chi connectivity index (χ1n) is 6.17. The first kappa shape index (κ1) is 12.2. The summed E-state index contributed by atoms with van der Waals surface area (Å²) in [6, 6.07) is 3.27. The second-order valence-corrected chi connectivity index (χ2v) is 4.76. The number of benzene rings is 1. The van der Waals surface area contributed by atoms with Crippen molar-refractivity contribution in [2.24, 2.45) is 5.92 Å². The third-order valence-electron chi connectivity index (χ3n) is 3.47. The number of rotatable bonds is 2. The Bertz CT molecular complexity index is 612. The van der Waals surface area contributed by atoms with Crippen LogP contribution in [-0.4, -0.2) is 26.5 Å². The minimum Gasteiger partial charge on any atom is -0.396 e. The topological polar surface area (TPSA) is 50.9 Å². The van der Waals surface area contributed by atoms with Gasteiger partial charge < -0.3 is 9.67 Å². The zero-order valence-corrected chi connectivity index (χ0v) is 10.2. The number of aromatic nitrogens is 3. The van der Waals surface area contributed by atoms with Crippen molar-refractivity contribution in [3.8, 4) is 11.4 Å². The van der Waals surface area contributed by atoms with E-state index in [4.69, 9.17) is 0 Å². The summed E-state index contributed by atoms with van der Waals surface area (Å²) in [6.45, 7) is 0.604. The molecule has 1 aliphatic heterocycles. The molecule has 1 N–H and O–H groups in total. The molecule has 1 aromatic heterocycles. The van der Waals surface area contributed by atoms with Gasteiger partial charge in [0.2, 0.25) is 0 Å². The maximum absolute atomic E-state index is 13.8. The van der Waals surface area contributed by atoms with E-state index in [0.29, 0.717) is 18.8 Å². The molecule has 3 rings (SSSR count). The Hall–Kier alpha value is -1.82. The first-order valence-corrected chi connectivity index (χ1v) is 6.17. The summed E-state index contributed by atoms with van der Waals surface area (Å²) in [5.74, 6) is 0.151. The highest BCUT2D eigenvalue weighted by Crippen LogP contribution is 2.27. The highest BCUT2D eigenvalue weighted by molar-refractivity contribution is 5.56. The standard InChI is InChI=1S/C13H13F2N3O/c14-9-2-3-11(15)10(5-9)13-17-16-12-4-1-8(7-19)6-18(12)13/h2-3,5,8,19H,1,4,6-7H2. The van der Waals surface area contributed by atoms with Crippen molar-refractivity contribution in [3.05, 3.63) is 35.7 Å². The molecule has 19 heavy (non-hydrogen) atoms. The normalized spacial score (nSPS) is 18.4. The van der Waals surface area contributed by atoms with Crippen LogP contribution < -0.4 is 0 Å². The van der Waals surface area contributed by atoms with Crippen molar-refractivity contribution >= 4 is 0 Å². The lowest BCUT2D eigenvalue weighted by molar-refractivity contribution is 0.191. The Morgan fingerprint density at radius 1 is 1.32 bits per heavy atom. The molecule has 1 atom stereocenters. The molecular weight excluding hydrogens is 252 g/mol. The molecule has 1 unspecified atom stereocenters. The van der Waals surface area contributed by atoms with E-state index < -0.39 is 11.6 Å². The number of fused-ring (bicyclic) bond motifs is 1. The Kier molecular flexibility index (Phi) is 3.02. The van der Waals surface area contributed by atoms with Gasteiger partial charge >= 0.3 is 0 Å². The number of aliphatic hydroxyl groups excluding tert-OH is 1. The van der Waals surface area contributed by atoms with Crippen LogP contribution in [0.2, 0.25) is 0 Å². The molecule has 6 heteroatoms. The van der Waals surface area contributed by atoms with Gasteiger partial charge in [0.05, 0.1) is 5.56 Å². The molecule has 0 spiro atoms. The van der Waals surface area contributed by atoms with Gasteiger partial charge in [-0.2, -0.15) is 0 Å². The van der Waals surface area contributed by atoms with E-state index in [1.54, 1.807) is 4.57 Å². The lowest BCUT2D eigenvalue weighted by atomic mass is 10.00. The van der Waals surface area contributed by atoms with Crippen molar-refractivity contribution in [3.63, 3.8) is 0 Å². The minimum atomic E-state index is -0.525. The number of halogens is 2. The van der Waals surface area contributed by atoms with E-state index in [1.807, 2.05) is 0 Å². The molecule has 0 aliphatic carbocycles. The van der Waals surface area contributed by atoms with Crippen molar-refractivity contribution < 1.29 is 13.9 Å². The van der Waals surface area contributed by atoms with E-state index in [9.17, 15) is 13.9 Å². The van der Waals surface area contributed by atoms with Gasteiger partial charge in [0, 0.05) is 25.5 Å². The van der Waals surface area contributed by atoms with Crippen molar-refractivity contribution in [2.45, 2.75) is 19.4 Å². The Balaban J connectivity index is 2.07. The highest BCUT2D eigenvalue weighted by Gasteiger charge is 2.24. The second kappa shape index (κ2) is 4.70. The van der Waals surface area contributed by atoms with Crippen LogP contribution in [0.5, 0.6) is 0 Å². The minimum absolute atomic E-state index is 0.0721. The molecule has 0 saturated carbocycles. The summed E-state index contributed by atoms with van der Waals surface area (Å²) in [7, 11) is 0. The van der Waals surface area contributed by atoms with Crippen LogP contribution >= 0.6 is 0 Å². The van der Waals surface area contributed by atoms with Crippen LogP contribution in [-0.2, 0) is 13.0 Å². The largest absolute Gasteiger partial charge is 0.396 e. The summed E-state index contributed by atoms with van der Waals surface area (Å²) in [6.07, 6.45) is 1.52. The Labute approximate surface area is 108 Å². The van der Waals surface area contributed by atoms with Crippen molar-refractivity contribution in [1.82, 2.24) is 14.8 Å². The van der Waals surface area contributed by atoms with Crippen LogP contribution in [0.1, 0.15) is 12.2 Å². The quantitative estimate of drug-likeness (QED) is 0.900. The van der Waals surface area contributed by atoms with Gasteiger partial charge in [0.25, 0.3) is 0 Å². The molecule has 2 aromatic rings. The fourth-order valence-corrected chi connectivity index (χ4v) is 2.41. The van der Waals surface area contributed by atoms with E-state index in [1.165, 1.54) is 0 Å². The molecule has 0 bridgehead atoms. The molecule has 0 amide bonds. The van der Waals surface area contributed by atoms with E-state index in [0.717, 1.165) is 30.4 Å². The predicted octanol–water partition coefficient (Wildman–Crippen LogP) is 1.78. The van der Waals surface area contributed by atoms with Crippen LogP contribution in [0.15, 0.2) is 18.2 Å². The van der Waals surface area contributed by atoms with Gasteiger partial charge in [-0.05, 0) is 24.6 Å². The predicted molar refractivity (Wildman–Crippen MR) is 64.3 cm³/mol. The van der Waals surface area contributed by atoms with Gasteiger partial charge in [0.1, 0.15) is 17.5 Å². The molecule has 1 aliphatic rings. The van der Waals surface area contributed by atoms with Gasteiger partial charge in [-0.3, -0.25) is 0 Å². The number of hydrogen-bond donors (Lipinski definition) is 1. The van der Waals surface area contributed by atoms with Crippen LogP contribution in [0.25, 0.3) is 11.4 Å². The van der Waals surface area contributed by atoms with Gasteiger partial charge in [0.15, 0.2) is 5.82 Å². The van der Waals surface area contributed by atoms with Gasteiger partial charge in [-0.25, -0.2) is 8.78 Å². The fourth-order valence-electron chi connectivity index (χ4n) is 2.41. The number of aliphatic hydroxyl groups is 1. The summed E-state index contributed by atoms with van der Waals surface area (Å²) in [5, 5.41) is 17.2. The second-order valence-electron chi connectivity index (χ2n) is 4.76. The smallest absolute Gasteiger partial charge is 0.167 e. The molecule has 1 aromatic carbocycles. The van der Waals surface area contributed by atoms with Gasteiger partial charge in [-0.1, -0.05) is 0 Å². The van der Waals surface area contributed by atoms with E-state index in [2.05, 4.69) is 10.2 Å². The van der Waals surface area contributed by atoms with Crippen LogP contribution in [0.3, 0.4) is 0 Å². The SMILES string of the molecule is OCC1CCc2nnc(-c3cc(F)ccc3F)n2C1. The third-order valence-corrected chi connectivity index (χ3v) is 3.47. The zero-order chi connectivity index (χ0) is 13.4. The fraction of sp³-hybridized carbons (Fsp3) is 0.385. The molecule has 100 valence electrons. The number of nitrogens with zero attached hydrogens (tertiary/aromatic N) is 3. The molecule has 0 radical (unpaired) electrons. The average Bonchev–Trinajstić information content (AvgIpc) is 2.84. The average molecular weight is 265 g/mol. The van der Waals surface area contributed by atoms with E-state index >= 15 is 0 Å². The molecule has 2 heterocycles. The van der Waals surface area contributed by atoms with Crippen LogP contribution in [0.4, 0.5) is 8.78 Å². The molecular formula is C13H13F2N3O. The first-order chi connectivity index (χ1) is 9.19. The molecule has 0 fully saturated rings. The zero-order valence-electron chi connectivity index (χ0n) is 10.2. The third kappa shape index (κ3) is 2.12. The molecule has 0 saturated heterocycles. The Morgan fingerprint density at radius 2 is 2.16 bits per heavy atom.